The van der Waals surface area contributed by atoms with E-state index in [0.29, 0.717) is 0 Å². The van der Waals surface area contributed by atoms with Crippen LogP contribution in [-0.2, 0) is 10.2 Å². The number of hydrogen-bond donors (Lipinski definition) is 1. The van der Waals surface area contributed by atoms with Crippen LogP contribution >= 0.6 is 0 Å². The topological polar surface area (TPSA) is 29.1 Å². The van der Waals surface area contributed by atoms with Gasteiger partial charge in [0.2, 0.25) is 5.91 Å². The molecule has 1 aliphatic carbocycles. The number of hydrogen-bond acceptors (Lipinski definition) is 1. The van der Waals surface area contributed by atoms with Crippen LogP contribution in [0.25, 0.3) is 0 Å². The predicted octanol–water partition coefficient (Wildman–Crippen LogP) is 2.63. The number of nitrogens with one attached hydrogen (secondary N) is 1. The lowest BCUT2D eigenvalue weighted by atomic mass is 9.94. The third-order valence-corrected chi connectivity index (χ3v) is 3.50. The van der Waals surface area contributed by atoms with Gasteiger partial charge in [-0.05, 0) is 31.7 Å². The molecule has 1 fully saturated rings. The van der Waals surface area contributed by atoms with E-state index in [9.17, 15) is 4.79 Å². The van der Waals surface area contributed by atoms with Gasteiger partial charge in [0.05, 0.1) is 5.41 Å². The Morgan fingerprint density at radius 3 is 2.50 bits per heavy atom. The Labute approximate surface area is 97.1 Å². The van der Waals surface area contributed by atoms with Gasteiger partial charge in [-0.3, -0.25) is 4.79 Å². The molecule has 0 aromatic heterocycles. The quantitative estimate of drug-likeness (QED) is 0.825. The molecular formula is C14H19NO. The van der Waals surface area contributed by atoms with Gasteiger partial charge in [-0.25, -0.2) is 0 Å². The molecule has 1 aliphatic rings. The Balaban J connectivity index is 2.12. The van der Waals surface area contributed by atoms with Crippen LogP contribution in [0, 0.1) is 0 Å². The molecule has 0 bridgehead atoms. The fourth-order valence-corrected chi connectivity index (χ4v) is 1.99. The van der Waals surface area contributed by atoms with Crippen LogP contribution in [0.3, 0.4) is 0 Å². The summed E-state index contributed by atoms with van der Waals surface area (Å²) in [4.78, 5) is 12.2. The van der Waals surface area contributed by atoms with Crippen molar-refractivity contribution in [2.45, 2.75) is 44.6 Å². The van der Waals surface area contributed by atoms with Crippen LogP contribution < -0.4 is 5.32 Å². The minimum Gasteiger partial charge on any atom is -0.353 e. The Hall–Kier alpha value is -1.31. The van der Waals surface area contributed by atoms with Crippen molar-refractivity contribution in [3.63, 3.8) is 0 Å². The van der Waals surface area contributed by atoms with Gasteiger partial charge >= 0.3 is 0 Å². The van der Waals surface area contributed by atoms with Crippen molar-refractivity contribution in [3.8, 4) is 0 Å². The lowest BCUT2D eigenvalue weighted by Gasteiger charge is -2.19. The Morgan fingerprint density at radius 2 is 2.00 bits per heavy atom. The summed E-state index contributed by atoms with van der Waals surface area (Å²) in [5.41, 5.74) is 0.945. The summed E-state index contributed by atoms with van der Waals surface area (Å²) in [6, 6.07) is 10.4. The van der Waals surface area contributed by atoms with E-state index in [1.165, 1.54) is 0 Å². The molecule has 1 aromatic carbocycles. The summed E-state index contributed by atoms with van der Waals surface area (Å²) >= 11 is 0. The van der Waals surface area contributed by atoms with Gasteiger partial charge in [0.25, 0.3) is 0 Å². The molecule has 1 aromatic rings. The summed E-state index contributed by atoms with van der Waals surface area (Å²) < 4.78 is 0. The number of carbonyl (C=O) groups excluding carboxylic acids is 1. The largest absolute Gasteiger partial charge is 0.353 e. The van der Waals surface area contributed by atoms with Gasteiger partial charge in [0.15, 0.2) is 0 Å². The summed E-state index contributed by atoms with van der Waals surface area (Å²) in [6.07, 6.45) is 2.95. The number of rotatable bonds is 4. The fourth-order valence-electron chi connectivity index (χ4n) is 1.99. The predicted molar refractivity (Wildman–Crippen MR) is 65.2 cm³/mol. The molecule has 0 radical (unpaired) electrons. The van der Waals surface area contributed by atoms with E-state index >= 15 is 0 Å². The van der Waals surface area contributed by atoms with Crippen molar-refractivity contribution in [1.82, 2.24) is 5.32 Å². The van der Waals surface area contributed by atoms with E-state index in [-0.39, 0.29) is 17.4 Å². The van der Waals surface area contributed by atoms with Gasteiger partial charge in [0, 0.05) is 6.04 Å². The Kier molecular flexibility index (Phi) is 2.99. The van der Waals surface area contributed by atoms with Crippen LogP contribution in [-0.4, -0.2) is 11.9 Å². The van der Waals surface area contributed by atoms with Crippen molar-refractivity contribution in [1.29, 1.82) is 0 Å². The first kappa shape index (κ1) is 11.2. The van der Waals surface area contributed by atoms with E-state index in [4.69, 9.17) is 0 Å². The second-order valence-corrected chi connectivity index (χ2v) is 4.73. The van der Waals surface area contributed by atoms with E-state index in [2.05, 4.69) is 31.3 Å². The highest BCUT2D eigenvalue weighted by Crippen LogP contribution is 2.48. The third-order valence-electron chi connectivity index (χ3n) is 3.50. The number of carbonyl (C=O) groups is 1. The van der Waals surface area contributed by atoms with Gasteiger partial charge in [0.1, 0.15) is 0 Å². The molecular weight excluding hydrogens is 198 g/mol. The van der Waals surface area contributed by atoms with Crippen LogP contribution in [0.15, 0.2) is 30.3 Å². The Bertz CT molecular complexity index is 368. The molecule has 1 atom stereocenters. The maximum Gasteiger partial charge on any atom is 0.230 e. The first-order chi connectivity index (χ1) is 7.69. The second kappa shape index (κ2) is 4.28. The normalized spacial score (nSPS) is 18.9. The van der Waals surface area contributed by atoms with Crippen molar-refractivity contribution in [3.05, 3.63) is 35.9 Å². The summed E-state index contributed by atoms with van der Waals surface area (Å²) in [5.74, 6) is 0.202. The molecule has 1 amide bonds. The molecule has 0 saturated heterocycles. The van der Waals surface area contributed by atoms with Crippen molar-refractivity contribution < 1.29 is 4.79 Å². The zero-order chi connectivity index (χ0) is 11.6. The number of amides is 1. The van der Waals surface area contributed by atoms with Crippen LogP contribution in [0.4, 0.5) is 0 Å². The molecule has 1 saturated carbocycles. The van der Waals surface area contributed by atoms with Crippen molar-refractivity contribution in [2.24, 2.45) is 0 Å². The monoisotopic (exact) mass is 217 g/mol. The maximum absolute atomic E-state index is 12.2. The second-order valence-electron chi connectivity index (χ2n) is 4.73. The average molecular weight is 217 g/mol. The minimum atomic E-state index is -0.218. The molecule has 2 heteroatoms. The van der Waals surface area contributed by atoms with Gasteiger partial charge in [-0.1, -0.05) is 37.3 Å². The molecule has 16 heavy (non-hydrogen) atoms. The smallest absolute Gasteiger partial charge is 0.230 e. The zero-order valence-electron chi connectivity index (χ0n) is 9.99. The number of benzene rings is 1. The van der Waals surface area contributed by atoms with E-state index in [1.54, 1.807) is 0 Å². The first-order valence-corrected chi connectivity index (χ1v) is 6.05. The summed E-state index contributed by atoms with van der Waals surface area (Å²) in [7, 11) is 0. The van der Waals surface area contributed by atoms with E-state index < -0.39 is 0 Å². The highest BCUT2D eigenvalue weighted by molar-refractivity contribution is 5.91. The van der Waals surface area contributed by atoms with Crippen LogP contribution in [0.1, 0.15) is 38.7 Å². The maximum atomic E-state index is 12.2. The van der Waals surface area contributed by atoms with Gasteiger partial charge in [-0.15, -0.1) is 0 Å². The highest BCUT2D eigenvalue weighted by atomic mass is 16.2. The molecule has 2 nitrogen and oxygen atoms in total. The third kappa shape index (κ3) is 1.97. The van der Waals surface area contributed by atoms with Crippen molar-refractivity contribution >= 4 is 5.91 Å². The minimum absolute atomic E-state index is 0.202. The van der Waals surface area contributed by atoms with E-state index in [1.807, 2.05) is 18.2 Å². The lowest BCUT2D eigenvalue weighted by Crippen LogP contribution is -2.39. The molecule has 0 spiro atoms. The lowest BCUT2D eigenvalue weighted by molar-refractivity contribution is -0.124. The van der Waals surface area contributed by atoms with E-state index in [0.717, 1.165) is 24.8 Å². The van der Waals surface area contributed by atoms with Crippen LogP contribution in [0.2, 0.25) is 0 Å². The zero-order valence-corrected chi connectivity index (χ0v) is 9.99. The van der Waals surface area contributed by atoms with Gasteiger partial charge in [-0.2, -0.15) is 0 Å². The standard InChI is InChI=1S/C14H19NO/c1-3-11(2)15-13(16)14(9-10-14)12-7-5-4-6-8-12/h4-8,11H,3,9-10H2,1-2H3,(H,15,16). The molecule has 0 heterocycles. The molecule has 1 N–H and O–H groups in total. The van der Waals surface area contributed by atoms with Gasteiger partial charge < -0.3 is 5.32 Å². The fraction of sp³-hybridized carbons (Fsp3) is 0.500. The SMILES string of the molecule is CCC(C)NC(=O)C1(c2ccccc2)CC1. The molecule has 0 aliphatic heterocycles. The summed E-state index contributed by atoms with van der Waals surface area (Å²) in [5, 5.41) is 3.09. The highest BCUT2D eigenvalue weighted by Gasteiger charge is 2.51. The summed E-state index contributed by atoms with van der Waals surface area (Å²) in [6.45, 7) is 4.14. The average Bonchev–Trinajstić information content (AvgIpc) is 3.11. The van der Waals surface area contributed by atoms with Crippen LogP contribution in [0.5, 0.6) is 0 Å². The molecule has 2 rings (SSSR count). The van der Waals surface area contributed by atoms with Crippen molar-refractivity contribution in [2.75, 3.05) is 0 Å². The Morgan fingerprint density at radius 1 is 1.38 bits per heavy atom. The molecule has 86 valence electrons. The molecule has 1 unspecified atom stereocenters. The first-order valence-electron chi connectivity index (χ1n) is 6.05.